The maximum atomic E-state index is 12.4. The Labute approximate surface area is 156 Å². The third kappa shape index (κ3) is 6.20. The molecule has 11 heteroatoms. The number of aliphatic carboxylic acids is 1. The van der Waals surface area contributed by atoms with Crippen molar-refractivity contribution in [1.29, 1.82) is 0 Å². The van der Waals surface area contributed by atoms with Gasteiger partial charge in [-0.25, -0.2) is 0 Å². The molecule has 0 aromatic rings. The van der Waals surface area contributed by atoms with Crippen molar-refractivity contribution in [1.82, 2.24) is 26.2 Å². The Morgan fingerprint density at radius 3 is 2.33 bits per heavy atom. The van der Waals surface area contributed by atoms with Crippen LogP contribution < -0.4 is 21.3 Å². The summed E-state index contributed by atoms with van der Waals surface area (Å²) in [6.07, 6.45) is 2.76. The van der Waals surface area contributed by atoms with Crippen molar-refractivity contribution in [2.75, 3.05) is 32.7 Å². The number of carboxylic acid groups (broad SMARTS) is 1. The van der Waals surface area contributed by atoms with E-state index >= 15 is 0 Å². The van der Waals surface area contributed by atoms with Crippen molar-refractivity contribution in [3.05, 3.63) is 0 Å². The first-order valence-corrected chi connectivity index (χ1v) is 8.95. The lowest BCUT2D eigenvalue weighted by molar-refractivity contribution is -0.139. The quantitative estimate of drug-likeness (QED) is 0.302. The summed E-state index contributed by atoms with van der Waals surface area (Å²) in [5.41, 5.74) is 0. The molecule has 4 amide bonds. The van der Waals surface area contributed by atoms with E-state index in [4.69, 9.17) is 5.11 Å². The van der Waals surface area contributed by atoms with Gasteiger partial charge in [-0.15, -0.1) is 0 Å². The van der Waals surface area contributed by atoms with Crippen LogP contribution in [0, 0.1) is 0 Å². The third-order valence-electron chi connectivity index (χ3n) is 4.53. The van der Waals surface area contributed by atoms with Crippen molar-refractivity contribution >= 4 is 29.6 Å². The molecule has 0 aliphatic carbocycles. The zero-order valence-corrected chi connectivity index (χ0v) is 15.0. The van der Waals surface area contributed by atoms with E-state index in [1.807, 2.05) is 0 Å². The summed E-state index contributed by atoms with van der Waals surface area (Å²) in [4.78, 5) is 59.8. The minimum Gasteiger partial charge on any atom is -0.480 e. The first kappa shape index (κ1) is 20.6. The van der Waals surface area contributed by atoms with Crippen LogP contribution in [0.25, 0.3) is 0 Å². The molecule has 2 heterocycles. The van der Waals surface area contributed by atoms with Crippen LogP contribution in [-0.4, -0.2) is 84.4 Å². The van der Waals surface area contributed by atoms with Crippen molar-refractivity contribution in [2.24, 2.45) is 0 Å². The minimum absolute atomic E-state index is 0.181. The monoisotopic (exact) mass is 383 g/mol. The molecule has 0 unspecified atom stereocenters. The van der Waals surface area contributed by atoms with Gasteiger partial charge in [-0.3, -0.25) is 24.0 Å². The number of likely N-dealkylation sites (tertiary alicyclic amines) is 1. The van der Waals surface area contributed by atoms with E-state index in [-0.39, 0.29) is 30.9 Å². The Hall–Kier alpha value is -2.69. The van der Waals surface area contributed by atoms with E-state index in [0.717, 1.165) is 19.4 Å². The summed E-state index contributed by atoms with van der Waals surface area (Å²) in [5.74, 6) is -2.87. The number of hydrogen-bond donors (Lipinski definition) is 5. The van der Waals surface area contributed by atoms with E-state index < -0.39 is 30.4 Å². The number of carbonyl (C=O) groups is 5. The Morgan fingerprint density at radius 2 is 1.67 bits per heavy atom. The Balaban J connectivity index is 1.76. The van der Waals surface area contributed by atoms with Gasteiger partial charge in [0.2, 0.25) is 23.6 Å². The van der Waals surface area contributed by atoms with E-state index in [0.29, 0.717) is 19.4 Å². The molecular formula is C16H25N5O6. The number of nitrogens with one attached hydrogen (secondary N) is 4. The van der Waals surface area contributed by atoms with Gasteiger partial charge in [-0.05, 0) is 32.2 Å². The van der Waals surface area contributed by atoms with Crippen LogP contribution in [0.1, 0.15) is 25.7 Å². The van der Waals surface area contributed by atoms with Crippen molar-refractivity contribution < 1.29 is 29.1 Å². The van der Waals surface area contributed by atoms with Crippen molar-refractivity contribution in [3.63, 3.8) is 0 Å². The molecule has 2 aliphatic heterocycles. The zero-order chi connectivity index (χ0) is 19.8. The lowest BCUT2D eigenvalue weighted by Gasteiger charge is -2.24. The highest BCUT2D eigenvalue weighted by Crippen LogP contribution is 2.17. The van der Waals surface area contributed by atoms with E-state index in [1.165, 1.54) is 4.90 Å². The van der Waals surface area contributed by atoms with Gasteiger partial charge in [0.15, 0.2) is 0 Å². The SMILES string of the molecule is O=C(O)CNC(=O)CNC(=O)[C@@H]1CCCN1C(=O)CNC(=O)[C@@H]1CCCN1. The summed E-state index contributed by atoms with van der Waals surface area (Å²) >= 11 is 0. The molecule has 2 saturated heterocycles. The topological polar surface area (TPSA) is 157 Å². The van der Waals surface area contributed by atoms with E-state index in [2.05, 4.69) is 21.3 Å². The van der Waals surface area contributed by atoms with E-state index in [9.17, 15) is 24.0 Å². The van der Waals surface area contributed by atoms with Crippen molar-refractivity contribution in [3.8, 4) is 0 Å². The fourth-order valence-electron chi connectivity index (χ4n) is 3.16. The third-order valence-corrected chi connectivity index (χ3v) is 4.53. The zero-order valence-electron chi connectivity index (χ0n) is 15.0. The number of hydrogen-bond acceptors (Lipinski definition) is 6. The summed E-state index contributed by atoms with van der Waals surface area (Å²) in [6, 6.07) is -0.980. The first-order valence-electron chi connectivity index (χ1n) is 8.95. The van der Waals surface area contributed by atoms with Crippen LogP contribution >= 0.6 is 0 Å². The molecule has 27 heavy (non-hydrogen) atoms. The second kappa shape index (κ2) is 9.86. The number of carboxylic acids is 1. The van der Waals surface area contributed by atoms with Crippen molar-refractivity contribution in [2.45, 2.75) is 37.8 Å². The maximum absolute atomic E-state index is 12.4. The molecule has 2 rings (SSSR count). The summed E-state index contributed by atoms with van der Waals surface area (Å²) < 4.78 is 0. The number of nitrogens with zero attached hydrogens (tertiary/aromatic N) is 1. The Morgan fingerprint density at radius 1 is 0.926 bits per heavy atom. The second-order valence-corrected chi connectivity index (χ2v) is 6.50. The van der Waals surface area contributed by atoms with E-state index in [1.54, 1.807) is 0 Å². The van der Waals surface area contributed by atoms with Crippen LogP contribution in [0.4, 0.5) is 0 Å². The van der Waals surface area contributed by atoms with Gasteiger partial charge >= 0.3 is 5.97 Å². The maximum Gasteiger partial charge on any atom is 0.322 e. The van der Waals surface area contributed by atoms with Crippen LogP contribution in [0.2, 0.25) is 0 Å². The predicted molar refractivity (Wildman–Crippen MR) is 92.4 cm³/mol. The number of carbonyl (C=O) groups excluding carboxylic acids is 4. The molecule has 2 aliphatic rings. The van der Waals surface area contributed by atoms with Gasteiger partial charge in [-0.1, -0.05) is 0 Å². The van der Waals surface area contributed by atoms with Crippen LogP contribution in [0.15, 0.2) is 0 Å². The molecule has 0 aromatic heterocycles. The minimum atomic E-state index is -1.18. The summed E-state index contributed by atoms with van der Waals surface area (Å²) in [6.45, 7) is 0.104. The Bertz CT molecular complexity index is 604. The molecular weight excluding hydrogens is 358 g/mol. The average molecular weight is 383 g/mol. The standard InChI is InChI=1S/C16H25N5O6/c22-12(18-9-14(24)25)7-19-16(27)11-4-2-6-21(11)13(23)8-20-15(26)10-3-1-5-17-10/h10-11,17H,1-9H2,(H,18,22)(H,19,27)(H,20,26)(H,24,25)/t10-,11-/m0/s1. The number of amides is 4. The van der Waals surface area contributed by atoms with Crippen LogP contribution in [0.5, 0.6) is 0 Å². The van der Waals surface area contributed by atoms with Gasteiger partial charge in [0.1, 0.15) is 12.6 Å². The second-order valence-electron chi connectivity index (χ2n) is 6.50. The number of rotatable bonds is 8. The molecule has 0 bridgehead atoms. The molecule has 150 valence electrons. The summed E-state index contributed by atoms with van der Waals surface area (Å²) in [5, 5.41) is 18.7. The molecule has 2 fully saturated rings. The molecule has 0 aromatic carbocycles. The van der Waals surface area contributed by atoms with Gasteiger partial charge in [-0.2, -0.15) is 0 Å². The molecule has 0 radical (unpaired) electrons. The molecule has 11 nitrogen and oxygen atoms in total. The van der Waals surface area contributed by atoms with Crippen LogP contribution in [-0.2, 0) is 24.0 Å². The molecule has 5 N–H and O–H groups in total. The largest absolute Gasteiger partial charge is 0.480 e. The molecule has 0 saturated carbocycles. The van der Waals surface area contributed by atoms with Gasteiger partial charge < -0.3 is 31.3 Å². The fraction of sp³-hybridized carbons (Fsp3) is 0.688. The highest BCUT2D eigenvalue weighted by molar-refractivity contribution is 5.93. The molecule has 0 spiro atoms. The Kier molecular flexibility index (Phi) is 7.53. The lowest BCUT2D eigenvalue weighted by atomic mass is 10.2. The highest BCUT2D eigenvalue weighted by Gasteiger charge is 2.34. The fourth-order valence-corrected chi connectivity index (χ4v) is 3.16. The smallest absolute Gasteiger partial charge is 0.322 e. The predicted octanol–water partition coefficient (Wildman–Crippen LogP) is -2.84. The molecule has 2 atom stereocenters. The van der Waals surface area contributed by atoms with Gasteiger partial charge in [0, 0.05) is 6.54 Å². The lowest BCUT2D eigenvalue weighted by Crippen LogP contribution is -2.51. The van der Waals surface area contributed by atoms with Crippen LogP contribution in [0.3, 0.4) is 0 Å². The van der Waals surface area contributed by atoms with Gasteiger partial charge in [0.25, 0.3) is 0 Å². The van der Waals surface area contributed by atoms with Gasteiger partial charge in [0.05, 0.1) is 19.1 Å². The normalized spacial score (nSPS) is 21.6. The first-order chi connectivity index (χ1) is 12.9. The average Bonchev–Trinajstić information content (AvgIpc) is 3.33. The summed E-state index contributed by atoms with van der Waals surface area (Å²) in [7, 11) is 0. The highest BCUT2D eigenvalue weighted by atomic mass is 16.4.